The van der Waals surface area contributed by atoms with Gasteiger partial charge in [-0.05, 0) is 38.0 Å². The van der Waals surface area contributed by atoms with Crippen LogP contribution in [0.2, 0.25) is 0 Å². The highest BCUT2D eigenvalue weighted by atomic mass is 14.9. The zero-order chi connectivity index (χ0) is 13.0. The van der Waals surface area contributed by atoms with Crippen molar-refractivity contribution in [3.05, 3.63) is 65.5 Å². The van der Waals surface area contributed by atoms with Crippen LogP contribution >= 0.6 is 0 Å². The number of aromatic nitrogens is 1. The Labute approximate surface area is 109 Å². The molecule has 1 heterocycles. The molecule has 0 aliphatic rings. The minimum Gasteiger partial charge on any atom is -0.304 e. The third-order valence-electron chi connectivity index (χ3n) is 3.26. The Bertz CT molecular complexity index is 476. The van der Waals surface area contributed by atoms with E-state index in [1.54, 1.807) is 6.20 Å². The number of aryl methyl sites for hydroxylation is 1. The number of nitrogens with one attached hydrogen (secondary N) is 1. The zero-order valence-electron chi connectivity index (χ0n) is 11.2. The molecule has 2 nitrogen and oxygen atoms in total. The second-order valence-electron chi connectivity index (χ2n) is 4.81. The second kappa shape index (κ2) is 5.78. The molecule has 0 saturated heterocycles. The molecule has 0 bridgehead atoms. The van der Waals surface area contributed by atoms with Gasteiger partial charge in [0, 0.05) is 24.5 Å². The lowest BCUT2D eigenvalue weighted by Crippen LogP contribution is -2.22. The van der Waals surface area contributed by atoms with Crippen molar-refractivity contribution < 1.29 is 0 Å². The maximum Gasteiger partial charge on any atom is 0.0315 e. The van der Waals surface area contributed by atoms with Crippen LogP contribution in [0.3, 0.4) is 0 Å². The lowest BCUT2D eigenvalue weighted by molar-refractivity contribution is 0.493. The highest BCUT2D eigenvalue weighted by molar-refractivity contribution is 5.24. The molecule has 2 atom stereocenters. The first kappa shape index (κ1) is 12.8. The van der Waals surface area contributed by atoms with Gasteiger partial charge in [0.15, 0.2) is 0 Å². The first-order chi connectivity index (χ1) is 8.66. The van der Waals surface area contributed by atoms with Gasteiger partial charge in [-0.1, -0.05) is 35.9 Å². The van der Waals surface area contributed by atoms with E-state index in [-0.39, 0.29) is 0 Å². The van der Waals surface area contributed by atoms with E-state index >= 15 is 0 Å². The second-order valence-corrected chi connectivity index (χ2v) is 4.81. The van der Waals surface area contributed by atoms with Crippen molar-refractivity contribution in [1.82, 2.24) is 10.3 Å². The summed E-state index contributed by atoms with van der Waals surface area (Å²) in [5.41, 5.74) is 3.83. The van der Waals surface area contributed by atoms with E-state index in [0.29, 0.717) is 12.1 Å². The molecule has 1 aromatic heterocycles. The Morgan fingerprint density at radius 1 is 0.944 bits per heavy atom. The van der Waals surface area contributed by atoms with Crippen LogP contribution in [0.15, 0.2) is 48.8 Å². The predicted molar refractivity (Wildman–Crippen MR) is 75.4 cm³/mol. The number of rotatable bonds is 4. The summed E-state index contributed by atoms with van der Waals surface area (Å²) in [4.78, 5) is 4.16. The first-order valence-corrected chi connectivity index (χ1v) is 6.39. The number of nitrogens with zero attached hydrogens (tertiary/aromatic N) is 1. The van der Waals surface area contributed by atoms with E-state index in [2.05, 4.69) is 61.4 Å². The van der Waals surface area contributed by atoms with Crippen LogP contribution in [0.4, 0.5) is 0 Å². The minimum absolute atomic E-state index is 0.301. The average molecular weight is 240 g/mol. The molecule has 0 radical (unpaired) electrons. The van der Waals surface area contributed by atoms with Crippen LogP contribution in [-0.4, -0.2) is 4.98 Å². The Morgan fingerprint density at radius 2 is 1.61 bits per heavy atom. The van der Waals surface area contributed by atoms with Crippen molar-refractivity contribution in [2.24, 2.45) is 0 Å². The summed E-state index contributed by atoms with van der Waals surface area (Å²) in [7, 11) is 0. The van der Waals surface area contributed by atoms with Gasteiger partial charge in [-0.25, -0.2) is 0 Å². The maximum absolute atomic E-state index is 4.16. The zero-order valence-corrected chi connectivity index (χ0v) is 11.2. The molecule has 2 rings (SSSR count). The lowest BCUT2D eigenvalue weighted by atomic mass is 10.0. The van der Waals surface area contributed by atoms with Crippen LogP contribution < -0.4 is 5.32 Å². The van der Waals surface area contributed by atoms with Crippen molar-refractivity contribution in [2.75, 3.05) is 0 Å². The lowest BCUT2D eigenvalue weighted by Gasteiger charge is -2.20. The molecule has 94 valence electrons. The van der Waals surface area contributed by atoms with Crippen molar-refractivity contribution in [1.29, 1.82) is 0 Å². The first-order valence-electron chi connectivity index (χ1n) is 6.39. The number of benzene rings is 1. The summed E-state index contributed by atoms with van der Waals surface area (Å²) >= 11 is 0. The molecule has 1 aromatic carbocycles. The molecular formula is C16H20N2. The summed E-state index contributed by atoms with van der Waals surface area (Å²) in [5, 5.41) is 3.59. The molecule has 0 aliphatic heterocycles. The molecule has 2 heteroatoms. The molecule has 0 spiro atoms. The van der Waals surface area contributed by atoms with Crippen LogP contribution in [0, 0.1) is 6.92 Å². The highest BCUT2D eigenvalue weighted by Gasteiger charge is 2.10. The summed E-state index contributed by atoms with van der Waals surface area (Å²) in [6, 6.07) is 13.4. The van der Waals surface area contributed by atoms with Gasteiger partial charge in [0.2, 0.25) is 0 Å². The van der Waals surface area contributed by atoms with Gasteiger partial charge in [0.1, 0.15) is 0 Å². The maximum atomic E-state index is 4.16. The van der Waals surface area contributed by atoms with Crippen molar-refractivity contribution >= 4 is 0 Å². The Kier molecular flexibility index (Phi) is 4.11. The Hall–Kier alpha value is -1.67. The fraction of sp³-hybridized carbons (Fsp3) is 0.312. The van der Waals surface area contributed by atoms with Crippen LogP contribution in [0.25, 0.3) is 0 Å². The molecule has 1 N–H and O–H groups in total. The molecule has 18 heavy (non-hydrogen) atoms. The molecule has 0 fully saturated rings. The number of hydrogen-bond donors (Lipinski definition) is 1. The third kappa shape index (κ3) is 3.17. The number of pyridine rings is 1. The SMILES string of the molecule is Cc1ccc([C@@H](C)NC(C)c2cccnc2)cc1. The summed E-state index contributed by atoms with van der Waals surface area (Å²) in [5.74, 6) is 0. The minimum atomic E-state index is 0.301. The van der Waals surface area contributed by atoms with Crippen LogP contribution in [0.1, 0.15) is 42.6 Å². The normalized spacial score (nSPS) is 14.2. The van der Waals surface area contributed by atoms with Crippen LogP contribution in [-0.2, 0) is 0 Å². The molecule has 0 saturated carbocycles. The smallest absolute Gasteiger partial charge is 0.0315 e. The van der Waals surface area contributed by atoms with Crippen LogP contribution in [0.5, 0.6) is 0 Å². The van der Waals surface area contributed by atoms with E-state index in [9.17, 15) is 0 Å². The monoisotopic (exact) mass is 240 g/mol. The van der Waals surface area contributed by atoms with Gasteiger partial charge < -0.3 is 5.32 Å². The van der Waals surface area contributed by atoms with Gasteiger partial charge >= 0.3 is 0 Å². The van der Waals surface area contributed by atoms with Crippen molar-refractivity contribution in [3.8, 4) is 0 Å². The average Bonchev–Trinajstić information content (AvgIpc) is 2.40. The van der Waals surface area contributed by atoms with Gasteiger partial charge in [-0.3, -0.25) is 4.98 Å². The fourth-order valence-corrected chi connectivity index (χ4v) is 2.05. The van der Waals surface area contributed by atoms with E-state index < -0.39 is 0 Å². The molecule has 0 aliphatic carbocycles. The Balaban J connectivity index is 2.03. The number of hydrogen-bond acceptors (Lipinski definition) is 2. The van der Waals surface area contributed by atoms with E-state index in [4.69, 9.17) is 0 Å². The molecular weight excluding hydrogens is 220 g/mol. The van der Waals surface area contributed by atoms with E-state index in [0.717, 1.165) is 0 Å². The van der Waals surface area contributed by atoms with Gasteiger partial charge in [0.25, 0.3) is 0 Å². The van der Waals surface area contributed by atoms with Gasteiger partial charge in [-0.2, -0.15) is 0 Å². The Morgan fingerprint density at radius 3 is 2.22 bits per heavy atom. The van der Waals surface area contributed by atoms with Crippen molar-refractivity contribution in [3.63, 3.8) is 0 Å². The molecule has 0 amide bonds. The quantitative estimate of drug-likeness (QED) is 0.879. The largest absolute Gasteiger partial charge is 0.304 e. The fourth-order valence-electron chi connectivity index (χ4n) is 2.05. The van der Waals surface area contributed by atoms with Gasteiger partial charge in [0.05, 0.1) is 0 Å². The summed E-state index contributed by atoms with van der Waals surface area (Å²) in [6.45, 7) is 6.47. The topological polar surface area (TPSA) is 24.9 Å². The summed E-state index contributed by atoms with van der Waals surface area (Å²) < 4.78 is 0. The predicted octanol–water partition coefficient (Wildman–Crippen LogP) is 3.80. The molecule has 2 aromatic rings. The molecule has 1 unspecified atom stereocenters. The summed E-state index contributed by atoms with van der Waals surface area (Å²) in [6.07, 6.45) is 3.72. The van der Waals surface area contributed by atoms with Gasteiger partial charge in [-0.15, -0.1) is 0 Å². The van der Waals surface area contributed by atoms with E-state index in [1.165, 1.54) is 16.7 Å². The third-order valence-corrected chi connectivity index (χ3v) is 3.26. The standard InChI is InChI=1S/C16H20N2/c1-12-6-8-15(9-7-12)13(2)18-14(3)16-5-4-10-17-11-16/h4-11,13-14,18H,1-3H3/t13-,14?/m1/s1. The van der Waals surface area contributed by atoms with E-state index in [1.807, 2.05) is 12.3 Å². The van der Waals surface area contributed by atoms with Crippen molar-refractivity contribution in [2.45, 2.75) is 32.9 Å². The highest BCUT2D eigenvalue weighted by Crippen LogP contribution is 2.18.